The second-order valence-corrected chi connectivity index (χ2v) is 8.85. The van der Waals surface area contributed by atoms with Gasteiger partial charge in [0.2, 0.25) is 5.91 Å². The molecule has 162 valence electrons. The Bertz CT molecular complexity index is 1090. The van der Waals surface area contributed by atoms with Crippen molar-refractivity contribution in [1.29, 1.82) is 0 Å². The van der Waals surface area contributed by atoms with Crippen molar-refractivity contribution in [3.05, 3.63) is 47.2 Å². The number of rotatable bonds is 4. The van der Waals surface area contributed by atoms with Crippen LogP contribution >= 0.6 is 11.3 Å². The molecule has 2 amide bonds. The molecule has 1 aliphatic heterocycles. The molecule has 0 aliphatic carbocycles. The molecule has 0 fully saturated rings. The molecule has 0 saturated heterocycles. The molecule has 0 N–H and O–H groups in total. The number of hydrogen-bond acceptors (Lipinski definition) is 6. The van der Waals surface area contributed by atoms with Gasteiger partial charge in [-0.25, -0.2) is 4.79 Å². The third-order valence-corrected chi connectivity index (χ3v) is 5.84. The zero-order chi connectivity index (χ0) is 22.1. The number of anilines is 2. The molecule has 0 bridgehead atoms. The van der Waals surface area contributed by atoms with Gasteiger partial charge in [-0.15, -0.1) is 11.3 Å². The summed E-state index contributed by atoms with van der Waals surface area (Å²) in [6, 6.07) is 5.61. The molecule has 31 heavy (non-hydrogen) atoms. The van der Waals surface area contributed by atoms with Crippen LogP contribution < -0.4 is 9.80 Å². The number of nitrogens with zero attached hydrogens (tertiary/aromatic N) is 5. The van der Waals surface area contributed by atoms with Gasteiger partial charge in [-0.1, -0.05) is 6.07 Å². The van der Waals surface area contributed by atoms with Crippen molar-refractivity contribution >= 4 is 34.7 Å². The van der Waals surface area contributed by atoms with E-state index in [1.165, 1.54) is 0 Å². The van der Waals surface area contributed by atoms with Crippen LogP contribution in [0.5, 0.6) is 0 Å². The molecule has 9 heteroatoms. The highest BCUT2D eigenvalue weighted by Crippen LogP contribution is 2.39. The monoisotopic (exact) mass is 439 g/mol. The van der Waals surface area contributed by atoms with Crippen LogP contribution in [0.15, 0.2) is 42.3 Å². The normalized spacial score (nSPS) is 15.8. The van der Waals surface area contributed by atoms with E-state index in [4.69, 9.17) is 4.74 Å². The van der Waals surface area contributed by atoms with E-state index in [1.807, 2.05) is 56.0 Å². The molecule has 2 aromatic heterocycles. The minimum absolute atomic E-state index is 0.0595. The maximum atomic E-state index is 12.8. The third-order valence-electron chi connectivity index (χ3n) is 5.08. The van der Waals surface area contributed by atoms with Gasteiger partial charge < -0.3 is 9.64 Å². The van der Waals surface area contributed by atoms with Crippen LogP contribution in [0.1, 0.15) is 32.6 Å². The minimum Gasteiger partial charge on any atom is -0.446 e. The molecular weight excluding hydrogens is 414 g/mol. The van der Waals surface area contributed by atoms with E-state index in [9.17, 15) is 9.59 Å². The molecule has 1 aliphatic rings. The summed E-state index contributed by atoms with van der Waals surface area (Å²) in [5, 5.41) is 4.45. The van der Waals surface area contributed by atoms with Crippen molar-refractivity contribution in [2.45, 2.75) is 46.4 Å². The number of thiazole rings is 1. The summed E-state index contributed by atoms with van der Waals surface area (Å²) in [5.74, 6) is -0.0595. The number of aromatic nitrogens is 3. The zero-order valence-corrected chi connectivity index (χ0v) is 18.8. The maximum Gasteiger partial charge on any atom is 0.414 e. The largest absolute Gasteiger partial charge is 0.446 e. The number of benzene rings is 1. The lowest BCUT2D eigenvalue weighted by Crippen LogP contribution is -2.51. The number of ether oxygens (including phenoxy) is 1. The molecule has 3 aromatic rings. The highest BCUT2D eigenvalue weighted by Gasteiger charge is 2.34. The Hall–Kier alpha value is -3.20. The summed E-state index contributed by atoms with van der Waals surface area (Å²) in [6.45, 7) is 8.13. The molecule has 0 spiro atoms. The Balaban J connectivity index is 1.70. The van der Waals surface area contributed by atoms with Gasteiger partial charge in [-0.3, -0.25) is 19.4 Å². The summed E-state index contributed by atoms with van der Waals surface area (Å²) in [5.41, 5.74) is 5.00. The lowest BCUT2D eigenvalue weighted by molar-refractivity contribution is -0.117. The highest BCUT2D eigenvalue weighted by molar-refractivity contribution is 7.09. The van der Waals surface area contributed by atoms with Gasteiger partial charge in [0, 0.05) is 36.3 Å². The lowest BCUT2D eigenvalue weighted by atomic mass is 10.0. The summed E-state index contributed by atoms with van der Waals surface area (Å²) >= 11 is 1.59. The number of fused-ring (bicyclic) bond motifs is 1. The second-order valence-electron chi connectivity index (χ2n) is 7.88. The van der Waals surface area contributed by atoms with Crippen molar-refractivity contribution < 1.29 is 14.3 Å². The SMILES string of the molecule is CC(=O)N1c2ccc(-c3cnn(Cc4cncs4)c3)cc2N(C(=O)OC(C)C)CC1C. The van der Waals surface area contributed by atoms with Gasteiger partial charge in [0.05, 0.1) is 41.8 Å². The molecule has 1 unspecified atom stereocenters. The van der Waals surface area contributed by atoms with Crippen molar-refractivity contribution in [1.82, 2.24) is 14.8 Å². The summed E-state index contributed by atoms with van der Waals surface area (Å²) in [4.78, 5) is 33.7. The van der Waals surface area contributed by atoms with E-state index in [1.54, 1.807) is 39.8 Å². The fourth-order valence-corrected chi connectivity index (χ4v) is 4.39. The van der Waals surface area contributed by atoms with E-state index in [0.717, 1.165) is 16.0 Å². The van der Waals surface area contributed by atoms with Gasteiger partial charge >= 0.3 is 6.09 Å². The molecule has 1 atom stereocenters. The molecule has 4 rings (SSSR count). The summed E-state index contributed by atoms with van der Waals surface area (Å²) < 4.78 is 7.32. The van der Waals surface area contributed by atoms with Gasteiger partial charge in [0.25, 0.3) is 0 Å². The predicted octanol–water partition coefficient (Wildman–Crippen LogP) is 4.16. The number of hydrogen-bond donors (Lipinski definition) is 0. The number of carbonyl (C=O) groups is 2. The number of carbonyl (C=O) groups excluding carboxylic acids is 2. The first-order valence-electron chi connectivity index (χ1n) is 10.2. The predicted molar refractivity (Wildman–Crippen MR) is 120 cm³/mol. The molecule has 0 saturated carbocycles. The Labute approximate surface area is 185 Å². The second kappa shape index (κ2) is 8.50. The van der Waals surface area contributed by atoms with Crippen LogP contribution in [0.2, 0.25) is 0 Å². The van der Waals surface area contributed by atoms with Gasteiger partial charge in [-0.2, -0.15) is 5.10 Å². The smallest absolute Gasteiger partial charge is 0.414 e. The average molecular weight is 440 g/mol. The number of amides is 2. The van der Waals surface area contributed by atoms with E-state index in [0.29, 0.717) is 24.5 Å². The van der Waals surface area contributed by atoms with Crippen LogP contribution in [0.4, 0.5) is 16.2 Å². The topological polar surface area (TPSA) is 80.6 Å². The van der Waals surface area contributed by atoms with Crippen molar-refractivity contribution in [2.24, 2.45) is 0 Å². The van der Waals surface area contributed by atoms with E-state index in [-0.39, 0.29) is 18.1 Å². The maximum absolute atomic E-state index is 12.8. The average Bonchev–Trinajstić information content (AvgIpc) is 3.38. The Morgan fingerprint density at radius 2 is 2.03 bits per heavy atom. The lowest BCUT2D eigenvalue weighted by Gasteiger charge is -2.40. The highest BCUT2D eigenvalue weighted by atomic mass is 32.1. The fourth-order valence-electron chi connectivity index (χ4n) is 3.80. The first-order valence-corrected chi connectivity index (χ1v) is 11.0. The van der Waals surface area contributed by atoms with Crippen molar-refractivity contribution in [2.75, 3.05) is 16.3 Å². The third kappa shape index (κ3) is 4.32. The van der Waals surface area contributed by atoms with Crippen molar-refractivity contribution in [3.8, 4) is 11.1 Å². The zero-order valence-electron chi connectivity index (χ0n) is 18.0. The van der Waals surface area contributed by atoms with Crippen LogP contribution in [0.3, 0.4) is 0 Å². The van der Waals surface area contributed by atoms with E-state index < -0.39 is 6.09 Å². The van der Waals surface area contributed by atoms with Crippen LogP contribution in [-0.4, -0.2) is 45.5 Å². The van der Waals surface area contributed by atoms with Gasteiger partial charge in [-0.05, 0) is 38.5 Å². The molecular formula is C22H25N5O3S. The quantitative estimate of drug-likeness (QED) is 0.610. The van der Waals surface area contributed by atoms with E-state index in [2.05, 4.69) is 10.1 Å². The standard InChI is InChI=1S/C22H25N5O3S/c1-14(2)30-22(29)26-10-15(3)27(16(4)28)20-6-5-17(7-21(20)26)18-8-24-25(11-18)12-19-9-23-13-31-19/h5-9,11,13-15H,10,12H2,1-4H3. The summed E-state index contributed by atoms with van der Waals surface area (Å²) in [6.07, 6.45) is 4.95. The molecule has 3 heterocycles. The Morgan fingerprint density at radius 3 is 2.71 bits per heavy atom. The van der Waals surface area contributed by atoms with Crippen molar-refractivity contribution in [3.63, 3.8) is 0 Å². The van der Waals surface area contributed by atoms with Gasteiger partial charge in [0.15, 0.2) is 0 Å². The van der Waals surface area contributed by atoms with E-state index >= 15 is 0 Å². The fraction of sp³-hybridized carbons (Fsp3) is 0.364. The first-order chi connectivity index (χ1) is 14.8. The Morgan fingerprint density at radius 1 is 1.23 bits per heavy atom. The summed E-state index contributed by atoms with van der Waals surface area (Å²) in [7, 11) is 0. The molecule has 1 aromatic carbocycles. The van der Waals surface area contributed by atoms with Crippen LogP contribution in [0, 0.1) is 0 Å². The minimum atomic E-state index is -0.413. The Kier molecular flexibility index (Phi) is 5.77. The van der Waals surface area contributed by atoms with Crippen LogP contribution in [0.25, 0.3) is 11.1 Å². The molecule has 0 radical (unpaired) electrons. The van der Waals surface area contributed by atoms with Crippen LogP contribution in [-0.2, 0) is 16.1 Å². The van der Waals surface area contributed by atoms with Gasteiger partial charge in [0.1, 0.15) is 0 Å². The first kappa shape index (κ1) is 21.0. The molecule has 8 nitrogen and oxygen atoms in total.